The van der Waals surface area contributed by atoms with Crippen LogP contribution in [0.15, 0.2) is 71.8 Å². The standard InChI is InChI=1S/C22H15ClN2O5/c23-17-5-2-4-15(10-17)21(26)25-24-12-14-3-1-6-18(9-14)30-22(27)16-7-8-19-20(11-16)29-13-28-19/h1-12H,13H2,(H,25,26). The Balaban J connectivity index is 1.39. The smallest absolute Gasteiger partial charge is 0.343 e. The molecule has 0 atom stereocenters. The normalized spacial score (nSPS) is 12.0. The molecule has 0 aliphatic carbocycles. The van der Waals surface area contributed by atoms with Crippen LogP contribution in [0.4, 0.5) is 0 Å². The number of hydrogen-bond donors (Lipinski definition) is 1. The van der Waals surface area contributed by atoms with Gasteiger partial charge in [-0.3, -0.25) is 4.79 Å². The van der Waals surface area contributed by atoms with E-state index in [4.69, 9.17) is 25.8 Å². The van der Waals surface area contributed by atoms with E-state index in [1.54, 1.807) is 66.7 Å². The molecular formula is C22H15ClN2O5. The van der Waals surface area contributed by atoms with Crippen molar-refractivity contribution in [1.82, 2.24) is 5.43 Å². The minimum Gasteiger partial charge on any atom is -0.454 e. The summed E-state index contributed by atoms with van der Waals surface area (Å²) >= 11 is 5.88. The molecule has 0 unspecified atom stereocenters. The van der Waals surface area contributed by atoms with E-state index in [2.05, 4.69) is 10.5 Å². The van der Waals surface area contributed by atoms with Gasteiger partial charge in [0.05, 0.1) is 11.8 Å². The molecule has 0 bridgehead atoms. The van der Waals surface area contributed by atoms with Gasteiger partial charge < -0.3 is 14.2 Å². The lowest BCUT2D eigenvalue weighted by atomic mass is 10.2. The van der Waals surface area contributed by atoms with E-state index < -0.39 is 5.97 Å². The summed E-state index contributed by atoms with van der Waals surface area (Å²) in [4.78, 5) is 24.5. The number of fused-ring (bicyclic) bond motifs is 1. The highest BCUT2D eigenvalue weighted by Crippen LogP contribution is 2.32. The van der Waals surface area contributed by atoms with Crippen molar-refractivity contribution in [3.8, 4) is 17.2 Å². The molecule has 0 aromatic heterocycles. The van der Waals surface area contributed by atoms with Crippen LogP contribution in [0.2, 0.25) is 5.02 Å². The summed E-state index contributed by atoms with van der Waals surface area (Å²) in [7, 11) is 0. The molecule has 1 heterocycles. The van der Waals surface area contributed by atoms with Gasteiger partial charge in [-0.2, -0.15) is 5.10 Å². The highest BCUT2D eigenvalue weighted by Gasteiger charge is 2.17. The number of ether oxygens (including phenoxy) is 3. The second kappa shape index (κ2) is 8.67. The molecule has 0 radical (unpaired) electrons. The zero-order valence-corrected chi connectivity index (χ0v) is 16.3. The number of carbonyl (C=O) groups is 2. The van der Waals surface area contributed by atoms with Crippen molar-refractivity contribution in [2.75, 3.05) is 6.79 Å². The van der Waals surface area contributed by atoms with Gasteiger partial charge in [0.25, 0.3) is 5.91 Å². The van der Waals surface area contributed by atoms with E-state index in [1.165, 1.54) is 6.21 Å². The number of amides is 1. The van der Waals surface area contributed by atoms with Crippen molar-refractivity contribution in [3.05, 3.63) is 88.4 Å². The number of carbonyl (C=O) groups excluding carboxylic acids is 2. The van der Waals surface area contributed by atoms with Crippen LogP contribution in [0, 0.1) is 0 Å². The van der Waals surface area contributed by atoms with Gasteiger partial charge in [-0.15, -0.1) is 0 Å². The van der Waals surface area contributed by atoms with Gasteiger partial charge >= 0.3 is 5.97 Å². The number of hydrogen-bond acceptors (Lipinski definition) is 6. The summed E-state index contributed by atoms with van der Waals surface area (Å²) < 4.78 is 15.9. The third-order valence-corrected chi connectivity index (χ3v) is 4.38. The largest absolute Gasteiger partial charge is 0.454 e. The van der Waals surface area contributed by atoms with E-state index in [0.29, 0.717) is 39.0 Å². The lowest BCUT2D eigenvalue weighted by Gasteiger charge is -2.06. The molecule has 150 valence electrons. The van der Waals surface area contributed by atoms with Crippen molar-refractivity contribution in [3.63, 3.8) is 0 Å². The van der Waals surface area contributed by atoms with Crippen molar-refractivity contribution >= 4 is 29.7 Å². The molecule has 0 fully saturated rings. The molecule has 1 aliphatic rings. The Morgan fingerprint density at radius 1 is 0.967 bits per heavy atom. The third-order valence-electron chi connectivity index (χ3n) is 4.14. The van der Waals surface area contributed by atoms with Crippen LogP contribution in [0.3, 0.4) is 0 Å². The van der Waals surface area contributed by atoms with E-state index in [0.717, 1.165) is 0 Å². The molecule has 30 heavy (non-hydrogen) atoms. The van der Waals surface area contributed by atoms with Crippen LogP contribution in [0.25, 0.3) is 0 Å². The van der Waals surface area contributed by atoms with Crippen molar-refractivity contribution in [2.24, 2.45) is 5.10 Å². The van der Waals surface area contributed by atoms with Gasteiger partial charge in [0.1, 0.15) is 5.75 Å². The lowest BCUT2D eigenvalue weighted by Crippen LogP contribution is -2.17. The predicted octanol–water partition coefficient (Wildman–Crippen LogP) is 4.05. The molecule has 0 saturated heterocycles. The van der Waals surface area contributed by atoms with E-state index >= 15 is 0 Å². The van der Waals surface area contributed by atoms with E-state index in [1.807, 2.05) is 0 Å². The Kier molecular flexibility index (Phi) is 5.63. The first-order chi connectivity index (χ1) is 14.6. The molecular weight excluding hydrogens is 408 g/mol. The summed E-state index contributed by atoms with van der Waals surface area (Å²) in [6, 6.07) is 18.1. The Morgan fingerprint density at radius 3 is 2.67 bits per heavy atom. The first-order valence-electron chi connectivity index (χ1n) is 8.89. The number of hydrazone groups is 1. The van der Waals surface area contributed by atoms with Crippen molar-refractivity contribution in [1.29, 1.82) is 0 Å². The SMILES string of the molecule is O=C(NN=Cc1cccc(OC(=O)c2ccc3c(c2)OCO3)c1)c1cccc(Cl)c1. The minimum atomic E-state index is -0.531. The van der Waals surface area contributed by atoms with Crippen LogP contribution >= 0.6 is 11.6 Å². The summed E-state index contributed by atoms with van der Waals surface area (Å²) in [5.74, 6) is 0.504. The average Bonchev–Trinajstić information content (AvgIpc) is 3.22. The summed E-state index contributed by atoms with van der Waals surface area (Å²) in [5.41, 5.74) is 3.79. The second-order valence-electron chi connectivity index (χ2n) is 6.24. The Morgan fingerprint density at radius 2 is 1.80 bits per heavy atom. The third kappa shape index (κ3) is 4.59. The first-order valence-corrected chi connectivity index (χ1v) is 9.27. The van der Waals surface area contributed by atoms with Crippen molar-refractivity contribution in [2.45, 2.75) is 0 Å². The number of rotatable bonds is 5. The number of nitrogens with one attached hydrogen (secondary N) is 1. The number of benzene rings is 3. The average molecular weight is 423 g/mol. The molecule has 0 spiro atoms. The van der Waals surface area contributed by atoms with Gasteiger partial charge in [-0.1, -0.05) is 29.8 Å². The molecule has 1 N–H and O–H groups in total. The molecule has 1 aliphatic heterocycles. The minimum absolute atomic E-state index is 0.128. The van der Waals surface area contributed by atoms with Gasteiger partial charge in [0.2, 0.25) is 6.79 Å². The molecule has 1 amide bonds. The maximum atomic E-state index is 12.4. The van der Waals surface area contributed by atoms with Crippen LogP contribution in [0.1, 0.15) is 26.3 Å². The molecule has 4 rings (SSSR count). The quantitative estimate of drug-likeness (QED) is 0.290. The summed E-state index contributed by atoms with van der Waals surface area (Å²) in [5, 5.41) is 4.39. The topological polar surface area (TPSA) is 86.2 Å². The Bertz CT molecular complexity index is 1150. The second-order valence-corrected chi connectivity index (χ2v) is 6.68. The number of halogens is 1. The van der Waals surface area contributed by atoms with E-state index in [-0.39, 0.29) is 12.7 Å². The van der Waals surface area contributed by atoms with Crippen LogP contribution < -0.4 is 19.6 Å². The fourth-order valence-electron chi connectivity index (χ4n) is 2.71. The van der Waals surface area contributed by atoms with Crippen molar-refractivity contribution < 1.29 is 23.8 Å². The molecule has 3 aromatic rings. The predicted molar refractivity (Wildman–Crippen MR) is 110 cm³/mol. The first kappa shape index (κ1) is 19.5. The van der Waals surface area contributed by atoms with Crippen LogP contribution in [0.5, 0.6) is 17.2 Å². The zero-order valence-electron chi connectivity index (χ0n) is 15.5. The van der Waals surface area contributed by atoms with Gasteiger partial charge in [-0.25, -0.2) is 10.2 Å². The summed E-state index contributed by atoms with van der Waals surface area (Å²) in [6.45, 7) is 0.128. The number of nitrogens with zero attached hydrogens (tertiary/aromatic N) is 1. The number of esters is 1. The zero-order chi connectivity index (χ0) is 20.9. The Hall–Kier alpha value is -3.84. The molecule has 7 nitrogen and oxygen atoms in total. The maximum Gasteiger partial charge on any atom is 0.343 e. The molecule has 0 saturated carbocycles. The van der Waals surface area contributed by atoms with Gasteiger partial charge in [0.15, 0.2) is 11.5 Å². The fourth-order valence-corrected chi connectivity index (χ4v) is 2.90. The highest BCUT2D eigenvalue weighted by atomic mass is 35.5. The van der Waals surface area contributed by atoms with E-state index in [9.17, 15) is 9.59 Å². The molecule has 8 heteroatoms. The summed E-state index contributed by atoms with van der Waals surface area (Å²) in [6.07, 6.45) is 1.44. The van der Waals surface area contributed by atoms with Gasteiger partial charge in [0, 0.05) is 10.6 Å². The van der Waals surface area contributed by atoms with Crippen LogP contribution in [-0.4, -0.2) is 24.9 Å². The molecule has 3 aromatic carbocycles. The highest BCUT2D eigenvalue weighted by molar-refractivity contribution is 6.30. The maximum absolute atomic E-state index is 12.4. The Labute approximate surface area is 176 Å². The fraction of sp³-hybridized carbons (Fsp3) is 0.0455. The van der Waals surface area contributed by atoms with Crippen LogP contribution in [-0.2, 0) is 0 Å². The van der Waals surface area contributed by atoms with Gasteiger partial charge in [-0.05, 0) is 54.1 Å². The lowest BCUT2D eigenvalue weighted by molar-refractivity contribution is 0.0734. The monoisotopic (exact) mass is 422 g/mol.